The van der Waals surface area contributed by atoms with Crippen molar-refractivity contribution < 1.29 is 18.7 Å². The lowest BCUT2D eigenvalue weighted by atomic mass is 10.1. The Hall–Kier alpha value is -2.89. The van der Waals surface area contributed by atoms with E-state index in [4.69, 9.17) is 4.74 Å². The van der Waals surface area contributed by atoms with Crippen LogP contribution in [0.25, 0.3) is 0 Å². The average molecular weight is 344 g/mol. The van der Waals surface area contributed by atoms with E-state index in [1.165, 1.54) is 19.2 Å². The van der Waals surface area contributed by atoms with Crippen LogP contribution in [-0.4, -0.2) is 25.2 Å². The van der Waals surface area contributed by atoms with Crippen molar-refractivity contribution in [2.75, 3.05) is 7.11 Å². The highest BCUT2D eigenvalue weighted by molar-refractivity contribution is 5.83. The fourth-order valence-electron chi connectivity index (χ4n) is 2.29. The fraction of sp³-hybridized carbons (Fsp3) is 0.263. The predicted octanol–water partition coefficient (Wildman–Crippen LogP) is 2.72. The molecule has 2 rings (SSSR count). The molecule has 0 saturated heterocycles. The van der Waals surface area contributed by atoms with E-state index in [0.29, 0.717) is 6.54 Å². The normalized spacial score (nSPS) is 11.5. The summed E-state index contributed by atoms with van der Waals surface area (Å²) in [6.45, 7) is 2.33. The molecule has 0 aliphatic rings. The van der Waals surface area contributed by atoms with Gasteiger partial charge in [-0.2, -0.15) is 0 Å². The third-order valence-electron chi connectivity index (χ3n) is 3.72. The largest absolute Gasteiger partial charge is 0.467 e. The minimum atomic E-state index is -0.853. The molecule has 2 amide bonds. The van der Waals surface area contributed by atoms with Gasteiger partial charge in [0.05, 0.1) is 7.11 Å². The van der Waals surface area contributed by atoms with Crippen LogP contribution >= 0.6 is 0 Å². The summed E-state index contributed by atoms with van der Waals surface area (Å²) in [6.07, 6.45) is 0.213. The van der Waals surface area contributed by atoms with Crippen LogP contribution in [0.1, 0.15) is 16.7 Å². The van der Waals surface area contributed by atoms with Gasteiger partial charge in [0.15, 0.2) is 0 Å². The number of methoxy groups -OCH3 is 1. The van der Waals surface area contributed by atoms with Crippen molar-refractivity contribution in [2.24, 2.45) is 0 Å². The van der Waals surface area contributed by atoms with Crippen LogP contribution in [0.4, 0.5) is 9.18 Å². The zero-order chi connectivity index (χ0) is 18.2. The van der Waals surface area contributed by atoms with E-state index in [1.807, 2.05) is 31.2 Å². The fourth-order valence-corrected chi connectivity index (χ4v) is 2.29. The lowest BCUT2D eigenvalue weighted by molar-refractivity contribution is -0.142. The molecule has 0 spiro atoms. The molecular formula is C19H21FN2O3. The van der Waals surface area contributed by atoms with Crippen molar-refractivity contribution in [3.63, 3.8) is 0 Å². The van der Waals surface area contributed by atoms with Gasteiger partial charge in [-0.15, -0.1) is 0 Å². The summed E-state index contributed by atoms with van der Waals surface area (Å²) in [7, 11) is 1.26. The second-order valence-electron chi connectivity index (χ2n) is 5.72. The van der Waals surface area contributed by atoms with Gasteiger partial charge in [-0.25, -0.2) is 14.0 Å². The third kappa shape index (κ3) is 5.91. The van der Waals surface area contributed by atoms with Crippen LogP contribution in [0.5, 0.6) is 0 Å². The number of halogens is 1. The van der Waals surface area contributed by atoms with Gasteiger partial charge in [-0.1, -0.05) is 42.0 Å². The minimum absolute atomic E-state index is 0.213. The van der Waals surface area contributed by atoms with Gasteiger partial charge in [0.1, 0.15) is 11.9 Å². The quantitative estimate of drug-likeness (QED) is 0.792. The first-order chi connectivity index (χ1) is 12.0. The van der Waals surface area contributed by atoms with Crippen LogP contribution in [-0.2, 0) is 22.5 Å². The second-order valence-corrected chi connectivity index (χ2v) is 5.72. The van der Waals surface area contributed by atoms with E-state index >= 15 is 0 Å². The molecule has 0 aromatic heterocycles. The number of urea groups is 1. The highest BCUT2D eigenvalue weighted by atomic mass is 19.1. The molecular weight excluding hydrogens is 323 g/mol. The Bertz CT molecular complexity index is 714. The van der Waals surface area contributed by atoms with Crippen LogP contribution in [0.15, 0.2) is 48.5 Å². The van der Waals surface area contributed by atoms with Crippen molar-refractivity contribution in [2.45, 2.75) is 25.9 Å². The van der Waals surface area contributed by atoms with E-state index in [0.717, 1.165) is 16.7 Å². The number of benzene rings is 2. The average Bonchev–Trinajstić information content (AvgIpc) is 2.62. The van der Waals surface area contributed by atoms with Crippen molar-refractivity contribution in [1.82, 2.24) is 10.6 Å². The Morgan fingerprint density at radius 3 is 2.24 bits per heavy atom. The molecule has 1 atom stereocenters. The molecule has 1 unspecified atom stereocenters. The standard InChI is InChI=1S/C19H21FN2O3/c1-13-3-5-15(6-4-13)12-21-19(24)22-17(18(23)25-2)11-14-7-9-16(20)10-8-14/h3-10,17H,11-12H2,1-2H3,(H2,21,22,24). The molecule has 0 bridgehead atoms. The molecule has 0 radical (unpaired) electrons. The molecule has 2 aromatic carbocycles. The lowest BCUT2D eigenvalue weighted by Crippen LogP contribution is -2.47. The first-order valence-electron chi connectivity index (χ1n) is 7.90. The van der Waals surface area contributed by atoms with Gasteiger partial charge in [0.25, 0.3) is 0 Å². The topological polar surface area (TPSA) is 67.4 Å². The molecule has 0 fully saturated rings. The van der Waals surface area contributed by atoms with E-state index < -0.39 is 18.0 Å². The van der Waals surface area contributed by atoms with Gasteiger partial charge >= 0.3 is 12.0 Å². The molecule has 132 valence electrons. The van der Waals surface area contributed by atoms with E-state index in [1.54, 1.807) is 12.1 Å². The molecule has 0 heterocycles. The van der Waals surface area contributed by atoms with Crippen LogP contribution in [0.3, 0.4) is 0 Å². The molecule has 0 aliphatic carbocycles. The number of carbonyl (C=O) groups excluding carboxylic acids is 2. The number of aryl methyl sites for hydroxylation is 1. The minimum Gasteiger partial charge on any atom is -0.467 e. The first kappa shape index (κ1) is 18.4. The third-order valence-corrected chi connectivity index (χ3v) is 3.72. The predicted molar refractivity (Wildman–Crippen MR) is 92.5 cm³/mol. The summed E-state index contributed by atoms with van der Waals surface area (Å²) in [5.74, 6) is -0.919. The monoisotopic (exact) mass is 344 g/mol. The zero-order valence-electron chi connectivity index (χ0n) is 14.2. The van der Waals surface area contributed by atoms with Crippen molar-refractivity contribution in [3.8, 4) is 0 Å². The number of esters is 1. The van der Waals surface area contributed by atoms with Gasteiger partial charge < -0.3 is 15.4 Å². The van der Waals surface area contributed by atoms with Gasteiger partial charge in [-0.05, 0) is 30.2 Å². The van der Waals surface area contributed by atoms with E-state index in [-0.39, 0.29) is 12.2 Å². The Morgan fingerprint density at radius 2 is 1.64 bits per heavy atom. The number of nitrogens with one attached hydrogen (secondary N) is 2. The summed E-state index contributed by atoms with van der Waals surface area (Å²) in [6, 6.07) is 12.2. The number of ether oxygens (including phenoxy) is 1. The molecule has 2 aromatic rings. The zero-order valence-corrected chi connectivity index (χ0v) is 14.2. The van der Waals surface area contributed by atoms with Crippen LogP contribution < -0.4 is 10.6 Å². The summed E-state index contributed by atoms with van der Waals surface area (Å²) in [5, 5.41) is 5.30. The Morgan fingerprint density at radius 1 is 1.04 bits per heavy atom. The maximum Gasteiger partial charge on any atom is 0.328 e. The molecule has 6 heteroatoms. The summed E-state index contributed by atoms with van der Waals surface area (Å²) < 4.78 is 17.7. The SMILES string of the molecule is COC(=O)C(Cc1ccc(F)cc1)NC(=O)NCc1ccc(C)cc1. The smallest absolute Gasteiger partial charge is 0.328 e. The van der Waals surface area contributed by atoms with Crippen LogP contribution in [0.2, 0.25) is 0 Å². The van der Waals surface area contributed by atoms with Crippen molar-refractivity contribution in [1.29, 1.82) is 0 Å². The molecule has 25 heavy (non-hydrogen) atoms. The summed E-state index contributed by atoms with van der Waals surface area (Å²) in [4.78, 5) is 24.0. The summed E-state index contributed by atoms with van der Waals surface area (Å²) >= 11 is 0. The molecule has 2 N–H and O–H groups in total. The Labute approximate surface area is 146 Å². The summed E-state index contributed by atoms with van der Waals surface area (Å²) in [5.41, 5.74) is 2.81. The maximum absolute atomic E-state index is 13.0. The van der Waals surface area contributed by atoms with Gasteiger partial charge in [0, 0.05) is 13.0 Å². The van der Waals surface area contributed by atoms with Gasteiger partial charge in [-0.3, -0.25) is 0 Å². The Balaban J connectivity index is 1.93. The van der Waals surface area contributed by atoms with Gasteiger partial charge in [0.2, 0.25) is 0 Å². The Kier molecular flexibility index (Phi) is 6.51. The van der Waals surface area contributed by atoms with Crippen molar-refractivity contribution in [3.05, 3.63) is 71.0 Å². The lowest BCUT2D eigenvalue weighted by Gasteiger charge is -2.17. The highest BCUT2D eigenvalue weighted by Crippen LogP contribution is 2.07. The highest BCUT2D eigenvalue weighted by Gasteiger charge is 2.21. The molecule has 0 saturated carbocycles. The molecule has 5 nitrogen and oxygen atoms in total. The van der Waals surface area contributed by atoms with E-state index in [9.17, 15) is 14.0 Å². The van der Waals surface area contributed by atoms with Crippen LogP contribution in [0, 0.1) is 12.7 Å². The first-order valence-corrected chi connectivity index (χ1v) is 7.90. The number of rotatable bonds is 6. The molecule has 0 aliphatic heterocycles. The van der Waals surface area contributed by atoms with Crippen molar-refractivity contribution >= 4 is 12.0 Å². The maximum atomic E-state index is 13.0. The van der Waals surface area contributed by atoms with E-state index in [2.05, 4.69) is 10.6 Å². The second kappa shape index (κ2) is 8.82. The number of hydrogen-bond donors (Lipinski definition) is 2. The number of amides is 2. The number of carbonyl (C=O) groups is 2. The number of hydrogen-bond acceptors (Lipinski definition) is 3.